The molecule has 0 aromatic carbocycles. The van der Waals surface area contributed by atoms with Crippen LogP contribution in [0.2, 0.25) is 0 Å². The van der Waals surface area contributed by atoms with Crippen molar-refractivity contribution >= 4 is 5.82 Å². The van der Waals surface area contributed by atoms with Gasteiger partial charge in [0.25, 0.3) is 0 Å². The Morgan fingerprint density at radius 2 is 2.22 bits per heavy atom. The van der Waals surface area contributed by atoms with Gasteiger partial charge in [0, 0.05) is 18.1 Å². The number of nitriles is 1. The van der Waals surface area contributed by atoms with Crippen LogP contribution in [-0.4, -0.2) is 15.0 Å². The summed E-state index contributed by atoms with van der Waals surface area (Å²) in [6.45, 7) is 5.80. The van der Waals surface area contributed by atoms with E-state index in [9.17, 15) is 5.26 Å². The molecule has 0 spiro atoms. The lowest BCUT2D eigenvalue weighted by molar-refractivity contribution is 0.801. The number of nitrogens with one attached hydrogen (secondary N) is 2. The molecule has 18 heavy (non-hydrogen) atoms. The molecule has 0 fully saturated rings. The number of H-pyrrole nitrogens is 1. The number of aromatic nitrogens is 3. The van der Waals surface area contributed by atoms with Gasteiger partial charge in [-0.25, -0.2) is 9.97 Å². The van der Waals surface area contributed by atoms with E-state index in [0.29, 0.717) is 11.4 Å². The summed E-state index contributed by atoms with van der Waals surface area (Å²) in [6, 6.07) is 4.06. The third kappa shape index (κ3) is 2.33. The number of rotatable bonds is 3. The van der Waals surface area contributed by atoms with Crippen LogP contribution in [0.3, 0.4) is 0 Å². The molecule has 2 N–H and O–H groups in total. The first kappa shape index (κ1) is 12.1. The van der Waals surface area contributed by atoms with Crippen molar-refractivity contribution in [1.29, 1.82) is 5.26 Å². The van der Waals surface area contributed by atoms with E-state index >= 15 is 0 Å². The molecule has 0 aliphatic heterocycles. The Morgan fingerprint density at radius 3 is 2.83 bits per heavy atom. The summed E-state index contributed by atoms with van der Waals surface area (Å²) >= 11 is 0. The highest BCUT2D eigenvalue weighted by Gasteiger charge is 2.13. The van der Waals surface area contributed by atoms with E-state index in [4.69, 9.17) is 0 Å². The maximum Gasteiger partial charge on any atom is 0.145 e. The molecule has 2 aromatic heterocycles. The maximum absolute atomic E-state index is 9.18. The Kier molecular flexibility index (Phi) is 3.28. The van der Waals surface area contributed by atoms with Crippen LogP contribution in [0.15, 0.2) is 18.5 Å². The van der Waals surface area contributed by atoms with Gasteiger partial charge in [-0.1, -0.05) is 0 Å². The van der Waals surface area contributed by atoms with Crippen LogP contribution in [0, 0.1) is 25.2 Å². The third-order valence-electron chi connectivity index (χ3n) is 2.74. The number of aryl methyl sites for hydroxylation is 2. The lowest BCUT2D eigenvalue weighted by Gasteiger charge is -2.15. The van der Waals surface area contributed by atoms with Crippen molar-refractivity contribution < 1.29 is 0 Å². The minimum atomic E-state index is -0.0270. The van der Waals surface area contributed by atoms with Gasteiger partial charge in [0.2, 0.25) is 0 Å². The van der Waals surface area contributed by atoms with Crippen LogP contribution in [-0.2, 0) is 0 Å². The van der Waals surface area contributed by atoms with E-state index in [1.165, 1.54) is 0 Å². The number of hydrogen-bond acceptors (Lipinski definition) is 4. The molecule has 92 valence electrons. The van der Waals surface area contributed by atoms with Gasteiger partial charge in [-0.15, -0.1) is 0 Å². The summed E-state index contributed by atoms with van der Waals surface area (Å²) < 4.78 is 0. The van der Waals surface area contributed by atoms with Crippen LogP contribution in [0.5, 0.6) is 0 Å². The Balaban J connectivity index is 2.32. The Bertz CT molecular complexity index is 580. The van der Waals surface area contributed by atoms with Gasteiger partial charge in [0.15, 0.2) is 0 Å². The van der Waals surface area contributed by atoms with Crippen molar-refractivity contribution in [3.05, 3.63) is 41.1 Å². The molecule has 5 heteroatoms. The van der Waals surface area contributed by atoms with Crippen LogP contribution in [0.4, 0.5) is 5.82 Å². The first-order valence-electron chi connectivity index (χ1n) is 5.76. The summed E-state index contributed by atoms with van der Waals surface area (Å²) in [7, 11) is 0. The van der Waals surface area contributed by atoms with Gasteiger partial charge < -0.3 is 10.3 Å². The highest BCUT2D eigenvalue weighted by Crippen LogP contribution is 2.21. The second kappa shape index (κ2) is 4.88. The Labute approximate surface area is 106 Å². The summed E-state index contributed by atoms with van der Waals surface area (Å²) in [5.41, 5.74) is 2.40. The van der Waals surface area contributed by atoms with Crippen molar-refractivity contribution in [2.24, 2.45) is 0 Å². The summed E-state index contributed by atoms with van der Waals surface area (Å²) in [5, 5.41) is 12.4. The molecule has 2 rings (SSSR count). The second-order valence-corrected chi connectivity index (χ2v) is 4.26. The average Bonchev–Trinajstić information content (AvgIpc) is 2.81. The molecule has 1 unspecified atom stereocenters. The number of anilines is 1. The molecule has 0 radical (unpaired) electrons. The fourth-order valence-corrected chi connectivity index (χ4v) is 1.87. The Morgan fingerprint density at radius 1 is 1.44 bits per heavy atom. The minimum absolute atomic E-state index is 0.0270. The number of imidazole rings is 1. The van der Waals surface area contributed by atoms with E-state index in [1.807, 2.05) is 26.8 Å². The van der Waals surface area contributed by atoms with Crippen molar-refractivity contribution in [3.63, 3.8) is 0 Å². The predicted octanol–water partition coefficient (Wildman–Crippen LogP) is 2.47. The van der Waals surface area contributed by atoms with Crippen LogP contribution in [0.1, 0.15) is 35.6 Å². The molecule has 0 saturated heterocycles. The molecule has 0 bridgehead atoms. The van der Waals surface area contributed by atoms with Gasteiger partial charge in [0.1, 0.15) is 17.7 Å². The van der Waals surface area contributed by atoms with Gasteiger partial charge >= 0.3 is 0 Å². The highest BCUT2D eigenvalue weighted by atomic mass is 15.1. The van der Waals surface area contributed by atoms with E-state index in [2.05, 4.69) is 26.3 Å². The molecule has 2 heterocycles. The third-order valence-corrected chi connectivity index (χ3v) is 2.74. The van der Waals surface area contributed by atoms with Crippen LogP contribution in [0.25, 0.3) is 0 Å². The zero-order valence-corrected chi connectivity index (χ0v) is 10.7. The van der Waals surface area contributed by atoms with Gasteiger partial charge in [0.05, 0.1) is 11.6 Å². The monoisotopic (exact) mass is 241 g/mol. The molecule has 0 aliphatic rings. The van der Waals surface area contributed by atoms with E-state index in [1.54, 1.807) is 12.4 Å². The number of nitrogens with zero attached hydrogens (tertiary/aromatic N) is 3. The Hall–Kier alpha value is -2.35. The lowest BCUT2D eigenvalue weighted by Crippen LogP contribution is -2.12. The zero-order chi connectivity index (χ0) is 13.1. The SMILES string of the molecule is Cc1cc(C)c(C#N)c(NC(C)c2ncc[nH]2)n1. The van der Waals surface area contributed by atoms with Crippen LogP contribution >= 0.6 is 0 Å². The van der Waals surface area contributed by atoms with Gasteiger partial charge in [-0.3, -0.25) is 0 Å². The van der Waals surface area contributed by atoms with E-state index < -0.39 is 0 Å². The first-order chi connectivity index (χ1) is 8.61. The average molecular weight is 241 g/mol. The summed E-state index contributed by atoms with van der Waals surface area (Å²) in [4.78, 5) is 11.6. The van der Waals surface area contributed by atoms with Crippen molar-refractivity contribution in [3.8, 4) is 6.07 Å². The number of aromatic amines is 1. The molecule has 0 amide bonds. The highest BCUT2D eigenvalue weighted by molar-refractivity contribution is 5.56. The molecule has 0 saturated carbocycles. The second-order valence-electron chi connectivity index (χ2n) is 4.26. The largest absolute Gasteiger partial charge is 0.359 e. The number of pyridine rings is 1. The number of hydrogen-bond donors (Lipinski definition) is 2. The van der Waals surface area contributed by atoms with Crippen molar-refractivity contribution in [1.82, 2.24) is 15.0 Å². The molecular weight excluding hydrogens is 226 g/mol. The van der Waals surface area contributed by atoms with Crippen LogP contribution < -0.4 is 5.32 Å². The summed E-state index contributed by atoms with van der Waals surface area (Å²) in [6.07, 6.45) is 3.47. The molecule has 1 atom stereocenters. The van der Waals surface area contributed by atoms with Gasteiger partial charge in [-0.2, -0.15) is 5.26 Å². The van der Waals surface area contributed by atoms with E-state index in [0.717, 1.165) is 17.1 Å². The molecule has 2 aromatic rings. The standard InChI is InChI=1S/C13H15N5/c1-8-6-9(2)17-13(11(8)7-14)18-10(3)12-15-4-5-16-12/h4-6,10H,1-3H3,(H,15,16)(H,17,18). The lowest BCUT2D eigenvalue weighted by atomic mass is 10.1. The topological polar surface area (TPSA) is 77.4 Å². The fourth-order valence-electron chi connectivity index (χ4n) is 1.87. The molecule has 5 nitrogen and oxygen atoms in total. The smallest absolute Gasteiger partial charge is 0.145 e. The first-order valence-corrected chi connectivity index (χ1v) is 5.76. The quantitative estimate of drug-likeness (QED) is 0.865. The van der Waals surface area contributed by atoms with Crippen molar-refractivity contribution in [2.75, 3.05) is 5.32 Å². The zero-order valence-electron chi connectivity index (χ0n) is 10.7. The maximum atomic E-state index is 9.18. The molecule has 0 aliphatic carbocycles. The van der Waals surface area contributed by atoms with Crippen molar-refractivity contribution in [2.45, 2.75) is 26.8 Å². The fraction of sp³-hybridized carbons (Fsp3) is 0.308. The van der Waals surface area contributed by atoms with E-state index in [-0.39, 0.29) is 6.04 Å². The van der Waals surface area contributed by atoms with Gasteiger partial charge in [-0.05, 0) is 32.4 Å². The molecular formula is C13H15N5. The minimum Gasteiger partial charge on any atom is -0.359 e. The normalized spacial score (nSPS) is 11.9. The summed E-state index contributed by atoms with van der Waals surface area (Å²) in [5.74, 6) is 1.43. The predicted molar refractivity (Wildman–Crippen MR) is 69.1 cm³/mol.